The Bertz CT molecular complexity index is 481. The predicted octanol–water partition coefficient (Wildman–Crippen LogP) is 1.05. The van der Waals surface area contributed by atoms with E-state index < -0.39 is 0 Å². The van der Waals surface area contributed by atoms with Crippen LogP contribution in [0.25, 0.3) is 11.5 Å². The average molecular weight is 218 g/mol. The quantitative estimate of drug-likeness (QED) is 0.762. The minimum Gasteiger partial charge on any atom is -0.338 e. The number of hydrogen-bond acceptors (Lipinski definition) is 6. The van der Waals surface area contributed by atoms with E-state index in [0.717, 1.165) is 0 Å². The highest BCUT2D eigenvalue weighted by atomic mass is 16.5. The second kappa shape index (κ2) is 4.61. The molecule has 0 aliphatic carbocycles. The van der Waals surface area contributed by atoms with Crippen molar-refractivity contribution < 1.29 is 9.32 Å². The summed E-state index contributed by atoms with van der Waals surface area (Å²) in [6.07, 6.45) is 3.64. The first-order valence-electron chi connectivity index (χ1n) is 4.90. The Labute approximate surface area is 91.7 Å². The third-order valence-corrected chi connectivity index (χ3v) is 2.02. The van der Waals surface area contributed by atoms with Crippen molar-refractivity contribution in [1.82, 2.24) is 20.1 Å². The monoisotopic (exact) mass is 218 g/mol. The summed E-state index contributed by atoms with van der Waals surface area (Å²) in [6.45, 7) is 1.80. The third-order valence-electron chi connectivity index (χ3n) is 2.02. The van der Waals surface area contributed by atoms with Crippen molar-refractivity contribution in [3.05, 3.63) is 24.5 Å². The molecule has 0 unspecified atom stereocenters. The van der Waals surface area contributed by atoms with Crippen LogP contribution < -0.4 is 0 Å². The third kappa shape index (κ3) is 2.28. The highest BCUT2D eigenvalue weighted by Gasteiger charge is 2.11. The zero-order chi connectivity index (χ0) is 11.4. The molecule has 2 aromatic rings. The number of nitrogens with zero attached hydrogens (tertiary/aromatic N) is 4. The molecule has 0 radical (unpaired) electrons. The van der Waals surface area contributed by atoms with Gasteiger partial charge in [-0.25, -0.2) is 9.97 Å². The van der Waals surface area contributed by atoms with E-state index in [0.29, 0.717) is 23.8 Å². The molecule has 0 atom stereocenters. The Balaban J connectivity index is 2.17. The second-order valence-corrected chi connectivity index (χ2v) is 3.18. The molecule has 0 fully saturated rings. The summed E-state index contributed by atoms with van der Waals surface area (Å²) in [5, 5.41) is 3.75. The standard InChI is InChI=1S/C10H10N4O2/c1-2-7(15)5-9-13-10(14-16-9)8-3-4-11-6-12-8/h3-4,6H,2,5H2,1H3. The molecule has 0 aliphatic heterocycles. The normalized spacial score (nSPS) is 10.3. The number of rotatable bonds is 4. The molecule has 0 aliphatic rings. The zero-order valence-corrected chi connectivity index (χ0v) is 8.75. The van der Waals surface area contributed by atoms with Crippen LogP contribution >= 0.6 is 0 Å². The van der Waals surface area contributed by atoms with Crippen LogP contribution in [0.3, 0.4) is 0 Å². The van der Waals surface area contributed by atoms with E-state index in [1.54, 1.807) is 19.2 Å². The summed E-state index contributed by atoms with van der Waals surface area (Å²) < 4.78 is 4.95. The van der Waals surface area contributed by atoms with Crippen molar-refractivity contribution in [1.29, 1.82) is 0 Å². The lowest BCUT2D eigenvalue weighted by Gasteiger charge is -1.90. The number of carbonyl (C=O) groups excluding carboxylic acids is 1. The van der Waals surface area contributed by atoms with Crippen molar-refractivity contribution in [3.8, 4) is 11.5 Å². The first-order chi connectivity index (χ1) is 7.79. The van der Waals surface area contributed by atoms with Gasteiger partial charge in [-0.2, -0.15) is 4.98 Å². The molecule has 0 aromatic carbocycles. The summed E-state index contributed by atoms with van der Waals surface area (Å²) in [6, 6.07) is 1.68. The summed E-state index contributed by atoms with van der Waals surface area (Å²) in [7, 11) is 0. The maximum absolute atomic E-state index is 11.2. The molecular formula is C10H10N4O2. The number of hydrogen-bond donors (Lipinski definition) is 0. The van der Waals surface area contributed by atoms with Gasteiger partial charge in [-0.15, -0.1) is 0 Å². The largest absolute Gasteiger partial charge is 0.338 e. The summed E-state index contributed by atoms with van der Waals surface area (Å²) in [5.74, 6) is 0.764. The van der Waals surface area contributed by atoms with Crippen molar-refractivity contribution >= 4 is 5.78 Å². The minimum atomic E-state index is 0.0675. The Morgan fingerprint density at radius 1 is 1.50 bits per heavy atom. The van der Waals surface area contributed by atoms with Crippen LogP contribution in [0.1, 0.15) is 19.2 Å². The fourth-order valence-electron chi connectivity index (χ4n) is 1.15. The minimum absolute atomic E-state index is 0.0675. The predicted molar refractivity (Wildman–Crippen MR) is 54.3 cm³/mol. The van der Waals surface area contributed by atoms with Gasteiger partial charge in [0.2, 0.25) is 11.7 Å². The van der Waals surface area contributed by atoms with E-state index in [9.17, 15) is 4.79 Å². The molecule has 6 nitrogen and oxygen atoms in total. The Hall–Kier alpha value is -2.11. The molecule has 2 heterocycles. The molecule has 16 heavy (non-hydrogen) atoms. The van der Waals surface area contributed by atoms with Crippen molar-refractivity contribution in [2.75, 3.05) is 0 Å². The summed E-state index contributed by atoms with van der Waals surface area (Å²) in [4.78, 5) is 23.0. The first-order valence-corrected chi connectivity index (χ1v) is 4.90. The van der Waals surface area contributed by atoms with Crippen LogP contribution in [0.15, 0.2) is 23.1 Å². The molecule has 6 heteroatoms. The number of carbonyl (C=O) groups is 1. The lowest BCUT2D eigenvalue weighted by molar-refractivity contribution is -0.118. The number of aromatic nitrogens is 4. The molecule has 0 saturated heterocycles. The lowest BCUT2D eigenvalue weighted by atomic mass is 10.2. The molecule has 0 amide bonds. The van der Waals surface area contributed by atoms with Gasteiger partial charge in [0, 0.05) is 12.6 Å². The topological polar surface area (TPSA) is 81.8 Å². The van der Waals surface area contributed by atoms with Crippen LogP contribution in [0.5, 0.6) is 0 Å². The van der Waals surface area contributed by atoms with Crippen LogP contribution in [0.2, 0.25) is 0 Å². The SMILES string of the molecule is CCC(=O)Cc1nc(-c2ccncn2)no1. The van der Waals surface area contributed by atoms with E-state index in [4.69, 9.17) is 4.52 Å². The smallest absolute Gasteiger partial charge is 0.234 e. The summed E-state index contributed by atoms with van der Waals surface area (Å²) >= 11 is 0. The molecule has 0 spiro atoms. The van der Waals surface area contributed by atoms with Crippen molar-refractivity contribution in [2.45, 2.75) is 19.8 Å². The van der Waals surface area contributed by atoms with Gasteiger partial charge >= 0.3 is 0 Å². The van der Waals surface area contributed by atoms with E-state index >= 15 is 0 Å². The van der Waals surface area contributed by atoms with Gasteiger partial charge in [-0.3, -0.25) is 4.79 Å². The molecule has 2 rings (SSSR count). The van der Waals surface area contributed by atoms with Crippen molar-refractivity contribution in [3.63, 3.8) is 0 Å². The van der Waals surface area contributed by atoms with Gasteiger partial charge in [0.1, 0.15) is 17.8 Å². The van der Waals surface area contributed by atoms with Gasteiger partial charge in [-0.05, 0) is 6.07 Å². The lowest BCUT2D eigenvalue weighted by Crippen LogP contribution is -2.00. The van der Waals surface area contributed by atoms with Crippen LogP contribution in [0.4, 0.5) is 0 Å². The van der Waals surface area contributed by atoms with Crippen LogP contribution in [-0.4, -0.2) is 25.9 Å². The first kappa shape index (κ1) is 10.4. The van der Waals surface area contributed by atoms with Gasteiger partial charge in [0.15, 0.2) is 0 Å². The maximum atomic E-state index is 11.2. The molecule has 82 valence electrons. The Morgan fingerprint density at radius 2 is 2.38 bits per heavy atom. The number of Topliss-reactive ketones (excluding diaryl/α,β-unsaturated/α-hetero) is 1. The fraction of sp³-hybridized carbons (Fsp3) is 0.300. The van der Waals surface area contributed by atoms with Gasteiger partial charge < -0.3 is 4.52 Å². The summed E-state index contributed by atoms with van der Waals surface area (Å²) in [5.41, 5.74) is 0.578. The van der Waals surface area contributed by atoms with E-state index in [-0.39, 0.29) is 12.2 Å². The molecule has 0 N–H and O–H groups in total. The van der Waals surface area contributed by atoms with Crippen LogP contribution in [-0.2, 0) is 11.2 Å². The Morgan fingerprint density at radius 3 is 3.06 bits per heavy atom. The van der Waals surface area contributed by atoms with E-state index in [2.05, 4.69) is 20.1 Å². The molecule has 0 saturated carbocycles. The molecule has 0 bridgehead atoms. The van der Waals surface area contributed by atoms with Crippen molar-refractivity contribution in [2.24, 2.45) is 0 Å². The van der Waals surface area contributed by atoms with Gasteiger partial charge in [0.05, 0.1) is 6.42 Å². The number of ketones is 1. The molecule has 2 aromatic heterocycles. The van der Waals surface area contributed by atoms with E-state index in [1.165, 1.54) is 6.33 Å². The highest BCUT2D eigenvalue weighted by Crippen LogP contribution is 2.11. The van der Waals surface area contributed by atoms with Crippen LogP contribution in [0, 0.1) is 0 Å². The highest BCUT2D eigenvalue weighted by molar-refractivity contribution is 5.79. The fourth-order valence-corrected chi connectivity index (χ4v) is 1.15. The zero-order valence-electron chi connectivity index (χ0n) is 8.75. The molecular weight excluding hydrogens is 208 g/mol. The second-order valence-electron chi connectivity index (χ2n) is 3.18. The van der Waals surface area contributed by atoms with Gasteiger partial charge in [0.25, 0.3) is 0 Å². The maximum Gasteiger partial charge on any atom is 0.234 e. The van der Waals surface area contributed by atoms with E-state index in [1.807, 2.05) is 0 Å². The van der Waals surface area contributed by atoms with Gasteiger partial charge in [-0.1, -0.05) is 12.1 Å². The Kier molecular flexibility index (Phi) is 3.00. The average Bonchev–Trinajstić information content (AvgIpc) is 2.78.